The third-order valence-corrected chi connectivity index (χ3v) is 5.48. The van der Waals surface area contributed by atoms with Crippen LogP contribution < -0.4 is 10.9 Å². The predicted molar refractivity (Wildman–Crippen MR) is 98.1 cm³/mol. The molecule has 1 aliphatic carbocycles. The van der Waals surface area contributed by atoms with Gasteiger partial charge in [-0.25, -0.2) is 0 Å². The van der Waals surface area contributed by atoms with Gasteiger partial charge < -0.3 is 10.3 Å². The lowest BCUT2D eigenvalue weighted by Gasteiger charge is -2.22. The molecule has 2 atom stereocenters. The second kappa shape index (κ2) is 6.68. The number of pyridine rings is 1. The fraction of sp³-hybridized carbons (Fsp3) is 0.400. The van der Waals surface area contributed by atoms with E-state index < -0.39 is 0 Å². The van der Waals surface area contributed by atoms with E-state index in [1.165, 1.54) is 0 Å². The minimum absolute atomic E-state index is 0.0226. The first-order valence-corrected chi connectivity index (χ1v) is 9.26. The van der Waals surface area contributed by atoms with Crippen LogP contribution in [0.4, 0.5) is 0 Å². The molecule has 0 radical (unpaired) electrons. The van der Waals surface area contributed by atoms with Crippen LogP contribution in [-0.2, 0) is 4.79 Å². The summed E-state index contributed by atoms with van der Waals surface area (Å²) >= 11 is 6.02. The van der Waals surface area contributed by atoms with Crippen molar-refractivity contribution < 1.29 is 4.79 Å². The second-order valence-electron chi connectivity index (χ2n) is 7.12. The molecule has 4 rings (SSSR count). The average Bonchev–Trinajstić information content (AvgIpc) is 3.35. The predicted octanol–water partition coefficient (Wildman–Crippen LogP) is 3.71. The van der Waals surface area contributed by atoms with Gasteiger partial charge in [0.15, 0.2) is 0 Å². The number of aromatic amines is 1. The van der Waals surface area contributed by atoms with Gasteiger partial charge in [-0.3, -0.25) is 9.59 Å². The molecule has 2 N–H and O–H groups in total. The van der Waals surface area contributed by atoms with Gasteiger partial charge in [-0.2, -0.15) is 0 Å². The summed E-state index contributed by atoms with van der Waals surface area (Å²) in [5, 5.41) is 3.72. The number of hydrogen-bond acceptors (Lipinski definition) is 2. The quantitative estimate of drug-likeness (QED) is 0.857. The first-order valence-electron chi connectivity index (χ1n) is 8.88. The highest BCUT2D eigenvalue weighted by Gasteiger charge is 2.29. The summed E-state index contributed by atoms with van der Waals surface area (Å²) < 4.78 is 0. The highest BCUT2D eigenvalue weighted by atomic mass is 35.5. The minimum Gasteiger partial charge on any atom is -0.353 e. The Bertz CT molecular complexity index is 840. The Morgan fingerprint density at radius 2 is 1.80 bits per heavy atom. The number of benzene rings is 1. The minimum atomic E-state index is 0.0226. The molecule has 130 valence electrons. The standard InChI is InChI=1S/C20H21ClN2O2/c21-14-5-3-13(4-6-14)17(11-15-7-10-19(24)22-15)18-9-8-16(12-1-2-12)20(25)23-18/h3-6,8-9,12,15,17H,1-2,7,10-11H2,(H,22,24)(H,23,25)/t15-,17?/m1/s1. The van der Waals surface area contributed by atoms with E-state index in [1.807, 2.05) is 36.4 Å². The maximum absolute atomic E-state index is 12.5. The second-order valence-corrected chi connectivity index (χ2v) is 7.55. The van der Waals surface area contributed by atoms with Crippen LogP contribution in [0.1, 0.15) is 60.8 Å². The molecule has 2 aromatic rings. The van der Waals surface area contributed by atoms with Crippen LogP contribution in [-0.4, -0.2) is 16.9 Å². The Hall–Kier alpha value is -2.07. The lowest BCUT2D eigenvalue weighted by Crippen LogP contribution is -2.28. The first kappa shape index (κ1) is 16.4. The first-order chi connectivity index (χ1) is 12.1. The highest BCUT2D eigenvalue weighted by molar-refractivity contribution is 6.30. The fourth-order valence-corrected chi connectivity index (χ4v) is 3.82. The highest BCUT2D eigenvalue weighted by Crippen LogP contribution is 2.38. The molecule has 1 saturated carbocycles. The van der Waals surface area contributed by atoms with Crippen LogP contribution in [0.15, 0.2) is 41.2 Å². The molecular formula is C20H21ClN2O2. The Morgan fingerprint density at radius 1 is 1.04 bits per heavy atom. The van der Waals surface area contributed by atoms with Crippen molar-refractivity contribution in [1.29, 1.82) is 0 Å². The molecule has 1 saturated heterocycles. The molecule has 1 aromatic heterocycles. The average molecular weight is 357 g/mol. The van der Waals surface area contributed by atoms with Gasteiger partial charge in [-0.05, 0) is 55.4 Å². The summed E-state index contributed by atoms with van der Waals surface area (Å²) in [5.74, 6) is 0.569. The Labute approximate surface area is 151 Å². The van der Waals surface area contributed by atoms with Gasteiger partial charge in [0.25, 0.3) is 5.56 Å². The van der Waals surface area contributed by atoms with E-state index in [1.54, 1.807) is 0 Å². The number of hydrogen-bond donors (Lipinski definition) is 2. The summed E-state index contributed by atoms with van der Waals surface area (Å²) in [6, 6.07) is 11.9. The number of carbonyl (C=O) groups excluding carboxylic acids is 1. The van der Waals surface area contributed by atoms with Crippen molar-refractivity contribution in [3.05, 3.63) is 68.6 Å². The maximum Gasteiger partial charge on any atom is 0.251 e. The molecule has 1 aromatic carbocycles. The molecule has 25 heavy (non-hydrogen) atoms. The molecule has 4 nitrogen and oxygen atoms in total. The van der Waals surface area contributed by atoms with Gasteiger partial charge in [0.05, 0.1) is 0 Å². The van der Waals surface area contributed by atoms with Gasteiger partial charge in [0, 0.05) is 34.7 Å². The lowest BCUT2D eigenvalue weighted by molar-refractivity contribution is -0.119. The summed E-state index contributed by atoms with van der Waals surface area (Å²) in [7, 11) is 0. The normalized spacial score (nSPS) is 21.2. The van der Waals surface area contributed by atoms with E-state index in [0.29, 0.717) is 17.4 Å². The number of amides is 1. The zero-order valence-corrected chi connectivity index (χ0v) is 14.7. The number of rotatable bonds is 5. The van der Waals surface area contributed by atoms with Crippen molar-refractivity contribution >= 4 is 17.5 Å². The molecule has 2 aliphatic rings. The van der Waals surface area contributed by atoms with Crippen LogP contribution in [0.2, 0.25) is 5.02 Å². The van der Waals surface area contributed by atoms with Crippen molar-refractivity contribution in [2.24, 2.45) is 0 Å². The third kappa shape index (κ3) is 3.64. The van der Waals surface area contributed by atoms with Crippen molar-refractivity contribution in [2.75, 3.05) is 0 Å². The number of H-pyrrole nitrogens is 1. The zero-order chi connectivity index (χ0) is 17.4. The van der Waals surface area contributed by atoms with Crippen molar-refractivity contribution in [1.82, 2.24) is 10.3 Å². The summed E-state index contributed by atoms with van der Waals surface area (Å²) in [5.41, 5.74) is 2.92. The maximum atomic E-state index is 12.5. The molecule has 1 unspecified atom stereocenters. The number of carbonyl (C=O) groups is 1. The third-order valence-electron chi connectivity index (χ3n) is 5.23. The van der Waals surface area contributed by atoms with E-state index in [-0.39, 0.29) is 23.4 Å². The number of aromatic nitrogens is 1. The van der Waals surface area contributed by atoms with Gasteiger partial charge in [-0.15, -0.1) is 0 Å². The molecule has 1 amide bonds. The Morgan fingerprint density at radius 3 is 2.40 bits per heavy atom. The van der Waals surface area contributed by atoms with E-state index >= 15 is 0 Å². The largest absolute Gasteiger partial charge is 0.353 e. The van der Waals surface area contributed by atoms with E-state index in [2.05, 4.69) is 10.3 Å². The topological polar surface area (TPSA) is 62.0 Å². The van der Waals surface area contributed by atoms with Crippen LogP contribution >= 0.6 is 11.6 Å². The van der Waals surface area contributed by atoms with E-state index in [9.17, 15) is 9.59 Å². The number of halogens is 1. The molecule has 0 bridgehead atoms. The van der Waals surface area contributed by atoms with Gasteiger partial charge in [-0.1, -0.05) is 29.8 Å². The Kier molecular flexibility index (Phi) is 4.38. The smallest absolute Gasteiger partial charge is 0.251 e. The molecule has 2 heterocycles. The van der Waals surface area contributed by atoms with E-state index in [4.69, 9.17) is 11.6 Å². The van der Waals surface area contributed by atoms with Crippen LogP contribution in [0.5, 0.6) is 0 Å². The zero-order valence-electron chi connectivity index (χ0n) is 13.9. The summed E-state index contributed by atoms with van der Waals surface area (Å²) in [4.78, 5) is 27.1. The van der Waals surface area contributed by atoms with Crippen molar-refractivity contribution in [2.45, 2.75) is 50.0 Å². The van der Waals surface area contributed by atoms with Crippen molar-refractivity contribution in [3.8, 4) is 0 Å². The van der Waals surface area contributed by atoms with Gasteiger partial charge in [0.1, 0.15) is 0 Å². The van der Waals surface area contributed by atoms with Crippen LogP contribution in [0, 0.1) is 0 Å². The van der Waals surface area contributed by atoms with Crippen LogP contribution in [0.25, 0.3) is 0 Å². The fourth-order valence-electron chi connectivity index (χ4n) is 3.70. The monoisotopic (exact) mass is 356 g/mol. The van der Waals surface area contributed by atoms with Gasteiger partial charge in [0.2, 0.25) is 5.91 Å². The van der Waals surface area contributed by atoms with Gasteiger partial charge >= 0.3 is 0 Å². The van der Waals surface area contributed by atoms with Crippen LogP contribution in [0.3, 0.4) is 0 Å². The molecule has 0 spiro atoms. The SMILES string of the molecule is O=C1CC[C@H](CC(c2ccc(Cl)cc2)c2ccc(C3CC3)c(=O)[nH]2)N1. The molecular weight excluding hydrogens is 336 g/mol. The lowest BCUT2D eigenvalue weighted by atomic mass is 9.88. The summed E-state index contributed by atoms with van der Waals surface area (Å²) in [6.45, 7) is 0. The van der Waals surface area contributed by atoms with E-state index in [0.717, 1.165) is 42.5 Å². The Balaban J connectivity index is 1.66. The molecule has 2 fully saturated rings. The summed E-state index contributed by atoms with van der Waals surface area (Å²) in [6.07, 6.45) is 4.41. The molecule has 5 heteroatoms. The number of nitrogens with one attached hydrogen (secondary N) is 2. The van der Waals surface area contributed by atoms with Crippen molar-refractivity contribution in [3.63, 3.8) is 0 Å². The molecule has 1 aliphatic heterocycles.